The van der Waals surface area contributed by atoms with Gasteiger partial charge in [0.1, 0.15) is 0 Å². The van der Waals surface area contributed by atoms with Gasteiger partial charge in [-0.25, -0.2) is 0 Å². The van der Waals surface area contributed by atoms with Gasteiger partial charge in [-0.1, -0.05) is 12.1 Å². The molecule has 1 aromatic carbocycles. The zero-order valence-corrected chi connectivity index (χ0v) is 12.2. The minimum Gasteiger partial charge on any atom is -0.415 e. The number of aromatic nitrogens is 3. The van der Waals surface area contributed by atoms with Crippen molar-refractivity contribution >= 4 is 0 Å². The molecular formula is C16H10F2N4O2. The van der Waals surface area contributed by atoms with E-state index in [4.69, 9.17) is 9.68 Å². The Hall–Kier alpha value is -3.34. The lowest BCUT2D eigenvalue weighted by Crippen LogP contribution is -2.19. The molecular weight excluding hydrogens is 318 g/mol. The molecule has 0 saturated carbocycles. The summed E-state index contributed by atoms with van der Waals surface area (Å²) in [6, 6.07) is 11.6. The molecule has 0 N–H and O–H groups in total. The molecule has 0 aliphatic heterocycles. The normalized spacial score (nSPS) is 10.8. The Morgan fingerprint density at radius 3 is 2.54 bits per heavy atom. The van der Waals surface area contributed by atoms with E-state index in [1.165, 1.54) is 22.9 Å². The summed E-state index contributed by atoms with van der Waals surface area (Å²) in [4.78, 5) is 12.2. The second-order valence-corrected chi connectivity index (χ2v) is 4.94. The first-order valence-electron chi connectivity index (χ1n) is 6.88. The number of hydrogen-bond donors (Lipinski definition) is 0. The summed E-state index contributed by atoms with van der Waals surface area (Å²) in [6.07, 6.45) is -1.34. The van der Waals surface area contributed by atoms with Crippen LogP contribution in [0.4, 0.5) is 8.78 Å². The minimum atomic E-state index is -2.86. The van der Waals surface area contributed by atoms with Gasteiger partial charge >= 0.3 is 6.43 Å². The van der Waals surface area contributed by atoms with Crippen LogP contribution in [-0.4, -0.2) is 14.8 Å². The lowest BCUT2D eigenvalue weighted by atomic mass is 10.1. The first-order valence-corrected chi connectivity index (χ1v) is 6.88. The van der Waals surface area contributed by atoms with E-state index in [0.29, 0.717) is 12.1 Å². The van der Waals surface area contributed by atoms with E-state index in [-0.39, 0.29) is 17.0 Å². The van der Waals surface area contributed by atoms with Gasteiger partial charge in [0.05, 0.1) is 18.2 Å². The summed E-state index contributed by atoms with van der Waals surface area (Å²) in [7, 11) is 0. The van der Waals surface area contributed by atoms with Crippen LogP contribution in [0, 0.1) is 11.3 Å². The van der Waals surface area contributed by atoms with Gasteiger partial charge in [-0.15, -0.1) is 10.2 Å². The molecule has 0 radical (unpaired) electrons. The largest absolute Gasteiger partial charge is 0.415 e. The summed E-state index contributed by atoms with van der Waals surface area (Å²) in [6.45, 7) is 0.316. The van der Waals surface area contributed by atoms with Gasteiger partial charge in [0.25, 0.3) is 11.4 Å². The summed E-state index contributed by atoms with van der Waals surface area (Å²) >= 11 is 0. The van der Waals surface area contributed by atoms with Crippen LogP contribution in [0.3, 0.4) is 0 Å². The van der Waals surface area contributed by atoms with Crippen LogP contribution in [-0.2, 0) is 6.54 Å². The summed E-state index contributed by atoms with van der Waals surface area (Å²) in [5.41, 5.74) is 1.32. The van der Waals surface area contributed by atoms with Crippen molar-refractivity contribution in [2.75, 3.05) is 0 Å². The number of benzene rings is 1. The Kier molecular flexibility index (Phi) is 4.16. The smallest absolute Gasteiger partial charge is 0.314 e. The third-order valence-electron chi connectivity index (χ3n) is 3.31. The molecule has 0 amide bonds. The molecule has 0 aliphatic rings. The zero-order valence-electron chi connectivity index (χ0n) is 12.2. The zero-order chi connectivity index (χ0) is 17.1. The summed E-state index contributed by atoms with van der Waals surface area (Å²) in [5, 5.41) is 15.5. The maximum Gasteiger partial charge on any atom is 0.314 e. The quantitative estimate of drug-likeness (QED) is 0.735. The minimum absolute atomic E-state index is 0.132. The van der Waals surface area contributed by atoms with Crippen LogP contribution >= 0.6 is 0 Å². The number of nitriles is 1. The van der Waals surface area contributed by atoms with E-state index in [2.05, 4.69) is 10.2 Å². The molecule has 3 rings (SSSR count). The topological polar surface area (TPSA) is 84.7 Å². The van der Waals surface area contributed by atoms with Crippen molar-refractivity contribution in [2.24, 2.45) is 0 Å². The maximum atomic E-state index is 12.5. The number of nitrogens with zero attached hydrogens (tertiary/aromatic N) is 4. The number of alkyl halides is 2. The molecule has 6 nitrogen and oxygen atoms in total. The fraction of sp³-hybridized carbons (Fsp3) is 0.125. The van der Waals surface area contributed by atoms with Crippen molar-refractivity contribution < 1.29 is 13.2 Å². The SMILES string of the molecule is N#Cc1ccc(Cn2ccc(-c3nnc(C(F)F)o3)cc2=O)cc1. The standard InChI is InChI=1S/C16H10F2N4O2/c17-14(18)16-21-20-15(24-16)12-5-6-22(13(23)7-12)9-11-3-1-10(8-19)2-4-11/h1-7,14H,9H2. The van der Waals surface area contributed by atoms with Crippen molar-refractivity contribution in [2.45, 2.75) is 13.0 Å². The molecule has 3 aromatic rings. The molecule has 24 heavy (non-hydrogen) atoms. The van der Waals surface area contributed by atoms with Crippen LogP contribution in [0.25, 0.3) is 11.5 Å². The van der Waals surface area contributed by atoms with Crippen molar-refractivity contribution in [1.29, 1.82) is 5.26 Å². The Bertz CT molecular complexity index is 955. The monoisotopic (exact) mass is 328 g/mol. The molecule has 2 heterocycles. The van der Waals surface area contributed by atoms with Crippen molar-refractivity contribution in [3.63, 3.8) is 0 Å². The lowest BCUT2D eigenvalue weighted by molar-refractivity contribution is 0.116. The Morgan fingerprint density at radius 2 is 1.96 bits per heavy atom. The molecule has 0 spiro atoms. The molecule has 0 unspecified atom stereocenters. The fourth-order valence-corrected chi connectivity index (χ4v) is 2.09. The van der Waals surface area contributed by atoms with Crippen molar-refractivity contribution in [3.8, 4) is 17.5 Å². The molecule has 0 aliphatic carbocycles. The summed E-state index contributed by atoms with van der Waals surface area (Å²) in [5.74, 6) is -0.917. The van der Waals surface area contributed by atoms with Crippen LogP contribution in [0.15, 0.2) is 51.8 Å². The third kappa shape index (κ3) is 3.20. The fourth-order valence-electron chi connectivity index (χ4n) is 2.09. The second-order valence-electron chi connectivity index (χ2n) is 4.94. The molecule has 0 atom stereocenters. The van der Waals surface area contributed by atoms with E-state index in [1.807, 2.05) is 6.07 Å². The first-order chi connectivity index (χ1) is 11.6. The van der Waals surface area contributed by atoms with Gasteiger partial charge in [0.15, 0.2) is 0 Å². The van der Waals surface area contributed by atoms with Gasteiger partial charge in [0, 0.05) is 17.8 Å². The average Bonchev–Trinajstić information content (AvgIpc) is 3.08. The number of hydrogen-bond acceptors (Lipinski definition) is 5. The summed E-state index contributed by atoms with van der Waals surface area (Å²) < 4.78 is 31.2. The molecule has 120 valence electrons. The van der Waals surface area contributed by atoms with E-state index in [1.54, 1.807) is 24.3 Å². The van der Waals surface area contributed by atoms with Crippen molar-refractivity contribution in [1.82, 2.24) is 14.8 Å². The van der Waals surface area contributed by atoms with Gasteiger partial charge < -0.3 is 8.98 Å². The van der Waals surface area contributed by atoms with Crippen LogP contribution in [0.1, 0.15) is 23.4 Å². The van der Waals surface area contributed by atoms with Gasteiger partial charge in [0.2, 0.25) is 5.89 Å². The molecule has 2 aromatic heterocycles. The number of rotatable bonds is 4. The number of halogens is 2. The number of pyridine rings is 1. The van der Waals surface area contributed by atoms with E-state index in [0.717, 1.165) is 5.56 Å². The van der Waals surface area contributed by atoms with Crippen LogP contribution in [0.5, 0.6) is 0 Å². The van der Waals surface area contributed by atoms with Gasteiger partial charge in [-0.3, -0.25) is 4.79 Å². The highest BCUT2D eigenvalue weighted by molar-refractivity contribution is 5.51. The highest BCUT2D eigenvalue weighted by atomic mass is 19.3. The van der Waals surface area contributed by atoms with E-state index < -0.39 is 12.3 Å². The molecule has 0 fully saturated rings. The Morgan fingerprint density at radius 1 is 1.21 bits per heavy atom. The lowest BCUT2D eigenvalue weighted by Gasteiger charge is -2.06. The van der Waals surface area contributed by atoms with Gasteiger partial charge in [-0.2, -0.15) is 14.0 Å². The molecule has 0 saturated heterocycles. The molecule has 0 bridgehead atoms. The Balaban J connectivity index is 1.83. The molecule has 8 heteroatoms. The predicted octanol–water partition coefficient (Wildman–Crippen LogP) is 2.76. The van der Waals surface area contributed by atoms with E-state index in [9.17, 15) is 13.6 Å². The van der Waals surface area contributed by atoms with E-state index >= 15 is 0 Å². The third-order valence-corrected chi connectivity index (χ3v) is 3.31. The van der Waals surface area contributed by atoms with Gasteiger partial charge in [-0.05, 0) is 23.8 Å². The van der Waals surface area contributed by atoms with Crippen molar-refractivity contribution in [3.05, 3.63) is 70.0 Å². The Labute approximate surface area is 134 Å². The van der Waals surface area contributed by atoms with Crippen LogP contribution in [0.2, 0.25) is 0 Å². The average molecular weight is 328 g/mol. The highest BCUT2D eigenvalue weighted by Crippen LogP contribution is 2.22. The first kappa shape index (κ1) is 15.6. The second kappa shape index (κ2) is 6.42. The highest BCUT2D eigenvalue weighted by Gasteiger charge is 2.17. The maximum absolute atomic E-state index is 12.5. The predicted molar refractivity (Wildman–Crippen MR) is 79.2 cm³/mol. The van der Waals surface area contributed by atoms with Crippen LogP contribution < -0.4 is 5.56 Å².